The molecule has 2 atom stereocenters. The molecule has 4 heteroatoms. The van der Waals surface area contributed by atoms with Crippen LogP contribution < -0.4 is 0 Å². The largest absolute Gasteiger partial charge is 0.444 e. The minimum atomic E-state index is 0.360. The van der Waals surface area contributed by atoms with Gasteiger partial charge in [0.05, 0.1) is 11.8 Å². The zero-order valence-electron chi connectivity index (χ0n) is 14.4. The van der Waals surface area contributed by atoms with Crippen LogP contribution in [0.3, 0.4) is 0 Å². The van der Waals surface area contributed by atoms with Crippen LogP contribution >= 0.6 is 0 Å². The van der Waals surface area contributed by atoms with Gasteiger partial charge in [0.1, 0.15) is 6.26 Å². The lowest BCUT2D eigenvalue weighted by molar-refractivity contribution is -0.0368. The summed E-state index contributed by atoms with van der Waals surface area (Å²) in [6.07, 6.45) is 8.61. The van der Waals surface area contributed by atoms with E-state index in [1.54, 1.807) is 0 Å². The maximum atomic E-state index is 5.80. The highest BCUT2D eigenvalue weighted by atomic mass is 16.5. The Balaban J connectivity index is 1.45. The van der Waals surface area contributed by atoms with Gasteiger partial charge in [-0.1, -0.05) is 24.6 Å². The van der Waals surface area contributed by atoms with E-state index in [0.717, 1.165) is 30.9 Å². The number of oxazole rings is 1. The number of likely N-dealkylation sites (tertiary alicyclic amines) is 1. The van der Waals surface area contributed by atoms with Gasteiger partial charge in [-0.3, -0.25) is 4.90 Å². The highest BCUT2D eigenvalue weighted by molar-refractivity contribution is 5.52. The van der Waals surface area contributed by atoms with Crippen LogP contribution in [-0.2, 0) is 11.3 Å². The molecule has 24 heavy (non-hydrogen) atoms. The summed E-state index contributed by atoms with van der Waals surface area (Å²) in [5, 5.41) is 0. The summed E-state index contributed by atoms with van der Waals surface area (Å²) in [6.45, 7) is 3.14. The van der Waals surface area contributed by atoms with Crippen LogP contribution in [-0.4, -0.2) is 36.2 Å². The Morgan fingerprint density at radius 2 is 2.08 bits per heavy atom. The Hall–Kier alpha value is -1.65. The number of aromatic nitrogens is 1. The standard InChI is InChI=1S/C20H26N2O2/c1-23-18-9-5-10-20(18)11-6-12-22(15-20)13-17-14-24-19(21-17)16-7-3-2-4-8-16/h2-4,7-8,14,18H,5-6,9-13,15H2,1H3/t18-,20+/m1/s1. The number of methoxy groups -OCH3 is 1. The lowest BCUT2D eigenvalue weighted by Gasteiger charge is -2.43. The lowest BCUT2D eigenvalue weighted by Crippen LogP contribution is -2.47. The van der Waals surface area contributed by atoms with E-state index in [0.29, 0.717) is 17.4 Å². The van der Waals surface area contributed by atoms with Crippen molar-refractivity contribution in [2.75, 3.05) is 20.2 Å². The van der Waals surface area contributed by atoms with Crippen LogP contribution in [0.25, 0.3) is 11.5 Å². The molecule has 1 saturated carbocycles. The molecule has 1 aliphatic heterocycles. The molecule has 0 radical (unpaired) electrons. The Bertz CT molecular complexity index is 669. The topological polar surface area (TPSA) is 38.5 Å². The van der Waals surface area contributed by atoms with Gasteiger partial charge in [0.2, 0.25) is 5.89 Å². The van der Waals surface area contributed by atoms with Crippen molar-refractivity contribution in [2.45, 2.75) is 44.8 Å². The maximum absolute atomic E-state index is 5.80. The third-order valence-corrected chi connectivity index (χ3v) is 5.75. The molecule has 1 saturated heterocycles. The van der Waals surface area contributed by atoms with E-state index >= 15 is 0 Å². The Morgan fingerprint density at radius 1 is 1.25 bits per heavy atom. The molecule has 0 amide bonds. The first kappa shape index (κ1) is 15.9. The van der Waals surface area contributed by atoms with Crippen molar-refractivity contribution in [2.24, 2.45) is 5.41 Å². The second kappa shape index (κ2) is 6.69. The van der Waals surface area contributed by atoms with Crippen molar-refractivity contribution in [3.05, 3.63) is 42.3 Å². The van der Waals surface area contributed by atoms with Crippen molar-refractivity contribution in [1.82, 2.24) is 9.88 Å². The molecule has 0 bridgehead atoms. The minimum absolute atomic E-state index is 0.360. The highest BCUT2D eigenvalue weighted by Gasteiger charge is 2.45. The van der Waals surface area contributed by atoms with Crippen molar-refractivity contribution in [3.63, 3.8) is 0 Å². The average molecular weight is 326 g/mol. The minimum Gasteiger partial charge on any atom is -0.444 e. The molecular weight excluding hydrogens is 300 g/mol. The molecule has 0 N–H and O–H groups in total. The summed E-state index contributed by atoms with van der Waals surface area (Å²) < 4.78 is 11.5. The molecule has 128 valence electrons. The summed E-state index contributed by atoms with van der Waals surface area (Å²) in [7, 11) is 1.88. The first-order valence-electron chi connectivity index (χ1n) is 9.04. The fourth-order valence-corrected chi connectivity index (χ4v) is 4.66. The van der Waals surface area contributed by atoms with Gasteiger partial charge in [0, 0.05) is 31.2 Å². The van der Waals surface area contributed by atoms with Gasteiger partial charge >= 0.3 is 0 Å². The normalized spacial score (nSPS) is 27.8. The molecule has 0 unspecified atom stereocenters. The fourth-order valence-electron chi connectivity index (χ4n) is 4.66. The molecule has 1 aliphatic carbocycles. The molecule has 1 spiro atoms. The molecule has 1 aromatic heterocycles. The zero-order chi connectivity index (χ0) is 16.4. The molecule has 2 fully saturated rings. The Kier molecular flexibility index (Phi) is 4.42. The van der Waals surface area contributed by atoms with Gasteiger partial charge in [-0.25, -0.2) is 4.98 Å². The Morgan fingerprint density at radius 3 is 2.92 bits per heavy atom. The van der Waals surface area contributed by atoms with E-state index in [2.05, 4.69) is 9.88 Å². The van der Waals surface area contributed by atoms with Crippen LogP contribution in [0.2, 0.25) is 0 Å². The molecule has 2 aromatic rings. The van der Waals surface area contributed by atoms with Gasteiger partial charge < -0.3 is 9.15 Å². The zero-order valence-corrected chi connectivity index (χ0v) is 14.4. The average Bonchev–Trinajstić information content (AvgIpc) is 3.23. The van der Waals surface area contributed by atoms with Gasteiger partial charge in [-0.2, -0.15) is 0 Å². The van der Waals surface area contributed by atoms with E-state index in [9.17, 15) is 0 Å². The van der Waals surface area contributed by atoms with E-state index in [4.69, 9.17) is 9.15 Å². The summed E-state index contributed by atoms with van der Waals surface area (Å²) in [4.78, 5) is 7.22. The predicted octanol–water partition coefficient (Wildman–Crippen LogP) is 4.12. The van der Waals surface area contributed by atoms with Crippen LogP contribution in [0.5, 0.6) is 0 Å². The van der Waals surface area contributed by atoms with Gasteiger partial charge in [-0.05, 0) is 44.4 Å². The molecule has 2 aliphatic rings. The van der Waals surface area contributed by atoms with Gasteiger partial charge in [0.15, 0.2) is 0 Å². The smallest absolute Gasteiger partial charge is 0.226 e. The van der Waals surface area contributed by atoms with Crippen LogP contribution in [0.15, 0.2) is 41.0 Å². The second-order valence-electron chi connectivity index (χ2n) is 7.30. The monoisotopic (exact) mass is 326 g/mol. The first-order chi connectivity index (χ1) is 11.8. The van der Waals surface area contributed by atoms with E-state index in [-0.39, 0.29) is 0 Å². The first-order valence-corrected chi connectivity index (χ1v) is 9.04. The number of benzene rings is 1. The molecule has 4 rings (SSSR count). The third-order valence-electron chi connectivity index (χ3n) is 5.75. The molecular formula is C20H26N2O2. The van der Waals surface area contributed by atoms with Crippen molar-refractivity contribution in [1.29, 1.82) is 0 Å². The quantitative estimate of drug-likeness (QED) is 0.847. The van der Waals surface area contributed by atoms with Crippen LogP contribution in [0.1, 0.15) is 37.8 Å². The number of nitrogens with zero attached hydrogens (tertiary/aromatic N) is 2. The van der Waals surface area contributed by atoms with Crippen LogP contribution in [0, 0.1) is 5.41 Å². The van der Waals surface area contributed by atoms with E-state index in [1.165, 1.54) is 32.1 Å². The summed E-state index contributed by atoms with van der Waals surface area (Å²) in [5.41, 5.74) is 2.42. The summed E-state index contributed by atoms with van der Waals surface area (Å²) >= 11 is 0. The lowest BCUT2D eigenvalue weighted by atomic mass is 9.76. The maximum Gasteiger partial charge on any atom is 0.226 e. The van der Waals surface area contributed by atoms with Crippen molar-refractivity contribution in [3.8, 4) is 11.5 Å². The number of hydrogen-bond acceptors (Lipinski definition) is 4. The number of rotatable bonds is 4. The number of piperidine rings is 1. The van der Waals surface area contributed by atoms with Crippen LogP contribution in [0.4, 0.5) is 0 Å². The van der Waals surface area contributed by atoms with Gasteiger partial charge in [-0.15, -0.1) is 0 Å². The molecule has 4 nitrogen and oxygen atoms in total. The Labute approximate surface area is 143 Å². The van der Waals surface area contributed by atoms with Gasteiger partial charge in [0.25, 0.3) is 0 Å². The number of hydrogen-bond donors (Lipinski definition) is 0. The predicted molar refractivity (Wildman–Crippen MR) is 93.5 cm³/mol. The van der Waals surface area contributed by atoms with E-state index in [1.807, 2.05) is 43.7 Å². The molecule has 1 aromatic carbocycles. The van der Waals surface area contributed by atoms with Crippen molar-refractivity contribution >= 4 is 0 Å². The summed E-state index contributed by atoms with van der Waals surface area (Å²) in [6, 6.07) is 10.1. The second-order valence-corrected chi connectivity index (χ2v) is 7.30. The highest BCUT2D eigenvalue weighted by Crippen LogP contribution is 2.46. The van der Waals surface area contributed by atoms with E-state index < -0.39 is 0 Å². The summed E-state index contributed by atoms with van der Waals surface area (Å²) in [5.74, 6) is 0.716. The molecule has 2 heterocycles. The third kappa shape index (κ3) is 3.01. The SMILES string of the molecule is CO[C@@H]1CCC[C@@]12CCCN(Cc1coc(-c3ccccc3)n1)C2. The fraction of sp³-hybridized carbons (Fsp3) is 0.550. The number of ether oxygens (including phenoxy) is 1. The van der Waals surface area contributed by atoms with Crippen molar-refractivity contribution < 1.29 is 9.15 Å².